The summed E-state index contributed by atoms with van der Waals surface area (Å²) in [5.41, 5.74) is 2.21. The molecule has 0 fully saturated rings. The van der Waals surface area contributed by atoms with Crippen LogP contribution in [0.4, 0.5) is 5.69 Å². The molecule has 208 valence electrons. The van der Waals surface area contributed by atoms with Gasteiger partial charge in [-0.3, -0.25) is 13.9 Å². The standard InChI is InChI=1S/C30H37N3O5S/c1-5-23-13-17-25(18-14-23)33(39(36,37)27-11-9-8-10-12-27)22-29(34)32(28(6-2)30(35)31-7-3)21-24-15-19-26(38-4)20-16-24/h8-20,28H,5-7,21-22H2,1-4H3,(H,31,35)/t28-/m1/s1. The van der Waals surface area contributed by atoms with Gasteiger partial charge in [0.1, 0.15) is 18.3 Å². The molecule has 0 unspecified atom stereocenters. The Morgan fingerprint density at radius 3 is 2.03 bits per heavy atom. The molecule has 0 spiro atoms. The minimum absolute atomic E-state index is 0.0786. The van der Waals surface area contributed by atoms with Crippen LogP contribution in [0.15, 0.2) is 83.8 Å². The van der Waals surface area contributed by atoms with Crippen molar-refractivity contribution in [2.45, 2.75) is 51.1 Å². The molecule has 0 aliphatic rings. The van der Waals surface area contributed by atoms with Crippen LogP contribution in [0.1, 0.15) is 38.3 Å². The van der Waals surface area contributed by atoms with Gasteiger partial charge in [-0.1, -0.05) is 56.3 Å². The third-order valence-corrected chi connectivity index (χ3v) is 8.28. The molecule has 3 aromatic carbocycles. The molecule has 0 heterocycles. The molecule has 0 saturated heterocycles. The number of methoxy groups -OCH3 is 1. The normalized spacial score (nSPS) is 11.9. The van der Waals surface area contributed by atoms with Crippen molar-refractivity contribution < 1.29 is 22.7 Å². The molecule has 0 aromatic heterocycles. The summed E-state index contributed by atoms with van der Waals surface area (Å²) in [5, 5.41) is 2.80. The maximum Gasteiger partial charge on any atom is 0.264 e. The van der Waals surface area contributed by atoms with Gasteiger partial charge in [-0.25, -0.2) is 8.42 Å². The number of rotatable bonds is 13. The van der Waals surface area contributed by atoms with E-state index in [9.17, 15) is 18.0 Å². The third-order valence-electron chi connectivity index (χ3n) is 6.49. The van der Waals surface area contributed by atoms with E-state index in [4.69, 9.17) is 4.74 Å². The summed E-state index contributed by atoms with van der Waals surface area (Å²) in [6.45, 7) is 5.74. The molecule has 1 N–H and O–H groups in total. The topological polar surface area (TPSA) is 96.0 Å². The van der Waals surface area contributed by atoms with Crippen LogP contribution in [0.25, 0.3) is 0 Å². The zero-order valence-electron chi connectivity index (χ0n) is 23.0. The first kappa shape index (κ1) is 29.7. The van der Waals surface area contributed by atoms with E-state index in [1.807, 2.05) is 45.0 Å². The van der Waals surface area contributed by atoms with E-state index < -0.39 is 28.5 Å². The lowest BCUT2D eigenvalue weighted by atomic mass is 10.1. The second-order valence-electron chi connectivity index (χ2n) is 9.03. The van der Waals surface area contributed by atoms with Gasteiger partial charge in [0.15, 0.2) is 0 Å². The molecule has 0 aliphatic heterocycles. The number of benzene rings is 3. The number of aryl methyl sites for hydroxylation is 1. The molecule has 0 bridgehead atoms. The molecular formula is C30H37N3O5S. The average Bonchev–Trinajstić information content (AvgIpc) is 2.96. The third kappa shape index (κ3) is 7.38. The number of hydrogen-bond acceptors (Lipinski definition) is 5. The highest BCUT2D eigenvalue weighted by Gasteiger charge is 2.33. The molecule has 2 amide bonds. The lowest BCUT2D eigenvalue weighted by molar-refractivity contribution is -0.140. The molecule has 8 nitrogen and oxygen atoms in total. The van der Waals surface area contributed by atoms with E-state index in [0.29, 0.717) is 24.4 Å². The Morgan fingerprint density at radius 2 is 1.49 bits per heavy atom. The SMILES string of the molecule is CCNC(=O)[C@@H](CC)N(Cc1ccc(OC)cc1)C(=O)CN(c1ccc(CC)cc1)S(=O)(=O)c1ccccc1. The van der Waals surface area contributed by atoms with Gasteiger partial charge in [-0.2, -0.15) is 0 Å². The maximum atomic E-state index is 14.0. The van der Waals surface area contributed by atoms with Crippen molar-refractivity contribution in [2.75, 3.05) is 24.5 Å². The number of nitrogens with zero attached hydrogens (tertiary/aromatic N) is 2. The Kier molecular flexibility index (Phi) is 10.5. The minimum atomic E-state index is -4.08. The van der Waals surface area contributed by atoms with Crippen LogP contribution in [0.3, 0.4) is 0 Å². The van der Waals surface area contributed by atoms with Crippen molar-refractivity contribution in [3.63, 3.8) is 0 Å². The van der Waals surface area contributed by atoms with Gasteiger partial charge < -0.3 is 15.0 Å². The van der Waals surface area contributed by atoms with E-state index in [2.05, 4.69) is 5.32 Å². The van der Waals surface area contributed by atoms with E-state index >= 15 is 0 Å². The van der Waals surface area contributed by atoms with Gasteiger partial charge in [0.05, 0.1) is 17.7 Å². The number of anilines is 1. The predicted molar refractivity (Wildman–Crippen MR) is 153 cm³/mol. The summed E-state index contributed by atoms with van der Waals surface area (Å²) < 4.78 is 34.0. The molecule has 0 saturated carbocycles. The van der Waals surface area contributed by atoms with Gasteiger partial charge >= 0.3 is 0 Å². The van der Waals surface area contributed by atoms with Gasteiger partial charge in [-0.05, 0) is 67.3 Å². The molecule has 39 heavy (non-hydrogen) atoms. The average molecular weight is 552 g/mol. The summed E-state index contributed by atoms with van der Waals surface area (Å²) in [4.78, 5) is 28.5. The van der Waals surface area contributed by atoms with E-state index in [-0.39, 0.29) is 17.3 Å². The number of carbonyl (C=O) groups excluding carboxylic acids is 2. The summed E-state index contributed by atoms with van der Waals surface area (Å²) in [7, 11) is -2.51. The molecule has 0 radical (unpaired) electrons. The Labute approximate surface area is 231 Å². The van der Waals surface area contributed by atoms with Crippen LogP contribution >= 0.6 is 0 Å². The Bertz CT molecular complexity index is 1330. The molecule has 3 rings (SSSR count). The number of ether oxygens (including phenoxy) is 1. The number of nitrogens with one attached hydrogen (secondary N) is 1. The highest BCUT2D eigenvalue weighted by molar-refractivity contribution is 7.92. The fraction of sp³-hybridized carbons (Fsp3) is 0.333. The number of carbonyl (C=O) groups is 2. The lowest BCUT2D eigenvalue weighted by Crippen LogP contribution is -2.52. The number of sulfonamides is 1. The van der Waals surface area contributed by atoms with Crippen molar-refractivity contribution >= 4 is 27.5 Å². The zero-order chi connectivity index (χ0) is 28.4. The maximum absolute atomic E-state index is 14.0. The van der Waals surface area contributed by atoms with Crippen LogP contribution in [-0.2, 0) is 32.6 Å². The molecular weight excluding hydrogens is 514 g/mol. The summed E-state index contributed by atoms with van der Waals surface area (Å²) >= 11 is 0. The highest BCUT2D eigenvalue weighted by Crippen LogP contribution is 2.25. The first-order chi connectivity index (χ1) is 18.7. The molecule has 0 aliphatic carbocycles. The van der Waals surface area contributed by atoms with Crippen LogP contribution in [0.2, 0.25) is 0 Å². The monoisotopic (exact) mass is 551 g/mol. The van der Waals surface area contributed by atoms with E-state index in [1.54, 1.807) is 49.6 Å². The second-order valence-corrected chi connectivity index (χ2v) is 10.9. The Balaban J connectivity index is 2.04. The number of likely N-dealkylation sites (N-methyl/N-ethyl adjacent to an activating group) is 1. The number of amides is 2. The fourth-order valence-electron chi connectivity index (χ4n) is 4.29. The highest BCUT2D eigenvalue weighted by atomic mass is 32.2. The van der Waals surface area contributed by atoms with Crippen molar-refractivity contribution in [1.82, 2.24) is 10.2 Å². The van der Waals surface area contributed by atoms with E-state index in [1.165, 1.54) is 17.0 Å². The largest absolute Gasteiger partial charge is 0.497 e. The smallest absolute Gasteiger partial charge is 0.264 e. The predicted octanol–water partition coefficient (Wildman–Crippen LogP) is 4.40. The van der Waals surface area contributed by atoms with Gasteiger partial charge in [0.2, 0.25) is 11.8 Å². The first-order valence-corrected chi connectivity index (χ1v) is 14.6. The second kappa shape index (κ2) is 13.8. The van der Waals surface area contributed by atoms with Gasteiger partial charge in [-0.15, -0.1) is 0 Å². The quantitative estimate of drug-likeness (QED) is 0.340. The van der Waals surface area contributed by atoms with Crippen LogP contribution < -0.4 is 14.4 Å². The molecule has 1 atom stereocenters. The van der Waals surface area contributed by atoms with Crippen molar-refractivity contribution in [1.29, 1.82) is 0 Å². The Hall–Kier alpha value is -3.85. The molecule has 9 heteroatoms. The lowest BCUT2D eigenvalue weighted by Gasteiger charge is -2.33. The van der Waals surface area contributed by atoms with Crippen molar-refractivity contribution in [3.05, 3.63) is 90.0 Å². The van der Waals surface area contributed by atoms with Crippen LogP contribution in [0, 0.1) is 0 Å². The molecule has 3 aromatic rings. The van der Waals surface area contributed by atoms with Gasteiger partial charge in [0, 0.05) is 13.1 Å². The first-order valence-electron chi connectivity index (χ1n) is 13.1. The van der Waals surface area contributed by atoms with Crippen LogP contribution in [0.5, 0.6) is 5.75 Å². The van der Waals surface area contributed by atoms with Gasteiger partial charge in [0.25, 0.3) is 10.0 Å². The van der Waals surface area contributed by atoms with E-state index in [0.717, 1.165) is 21.9 Å². The van der Waals surface area contributed by atoms with Crippen LogP contribution in [-0.4, -0.2) is 51.4 Å². The summed E-state index contributed by atoms with van der Waals surface area (Å²) in [6, 6.07) is 21.6. The Morgan fingerprint density at radius 1 is 0.872 bits per heavy atom. The van der Waals surface area contributed by atoms with Crippen molar-refractivity contribution in [3.8, 4) is 5.75 Å². The summed E-state index contributed by atoms with van der Waals surface area (Å²) in [6.07, 6.45) is 1.16. The summed E-state index contributed by atoms with van der Waals surface area (Å²) in [5.74, 6) is -0.0994. The minimum Gasteiger partial charge on any atom is -0.497 e. The fourth-order valence-corrected chi connectivity index (χ4v) is 5.72. The van der Waals surface area contributed by atoms with Crippen molar-refractivity contribution in [2.24, 2.45) is 0 Å². The zero-order valence-corrected chi connectivity index (χ0v) is 23.8. The number of hydrogen-bond donors (Lipinski definition) is 1.